The molecule has 0 aliphatic heterocycles. The van der Waals surface area contributed by atoms with Crippen LogP contribution in [0.1, 0.15) is 16.3 Å². The van der Waals surface area contributed by atoms with Gasteiger partial charge in [0.15, 0.2) is 0 Å². The molecule has 0 bridgehead atoms. The van der Waals surface area contributed by atoms with Gasteiger partial charge in [0.2, 0.25) is 0 Å². The van der Waals surface area contributed by atoms with Crippen molar-refractivity contribution in [1.82, 2.24) is 4.98 Å². The molecule has 0 spiro atoms. The summed E-state index contributed by atoms with van der Waals surface area (Å²) in [6.45, 7) is 0. The quantitative estimate of drug-likeness (QED) is 0.810. The average Bonchev–Trinajstić information content (AvgIpc) is 2.80. The minimum Gasteiger partial charge on any atom is -0.469 e. The molecular weight excluding hydrogens is 272 g/mol. The van der Waals surface area contributed by atoms with E-state index in [2.05, 4.69) is 9.72 Å². The molecule has 0 fully saturated rings. The number of hydrogen-bond acceptors (Lipinski definition) is 4. The van der Waals surface area contributed by atoms with Crippen molar-refractivity contribution in [1.29, 1.82) is 0 Å². The smallest absolute Gasteiger partial charge is 0.311 e. The molecule has 1 aromatic heterocycles. The van der Waals surface area contributed by atoms with Crippen LogP contribution in [-0.2, 0) is 22.4 Å². The van der Waals surface area contributed by atoms with E-state index in [1.54, 1.807) is 5.38 Å². The van der Waals surface area contributed by atoms with E-state index in [-0.39, 0.29) is 18.8 Å². The van der Waals surface area contributed by atoms with Crippen LogP contribution in [0.3, 0.4) is 0 Å². The molecule has 2 aromatic rings. The first-order chi connectivity index (χ1) is 9.08. The normalized spacial score (nSPS) is 10.5. The maximum absolute atomic E-state index is 13.5. The van der Waals surface area contributed by atoms with Gasteiger partial charge in [0.25, 0.3) is 0 Å². The lowest BCUT2D eigenvalue weighted by atomic mass is 10.1. The maximum Gasteiger partial charge on any atom is 0.311 e. The van der Waals surface area contributed by atoms with Gasteiger partial charge in [-0.25, -0.2) is 13.8 Å². The van der Waals surface area contributed by atoms with Crippen molar-refractivity contribution in [2.45, 2.75) is 12.8 Å². The van der Waals surface area contributed by atoms with Crippen molar-refractivity contribution >= 4 is 17.3 Å². The Bertz CT molecular complexity index is 598. The molecule has 0 saturated heterocycles. The number of ether oxygens (including phenoxy) is 1. The number of thiazole rings is 1. The van der Waals surface area contributed by atoms with Gasteiger partial charge >= 0.3 is 5.97 Å². The molecule has 2 rings (SSSR count). The van der Waals surface area contributed by atoms with E-state index in [1.807, 2.05) is 0 Å². The summed E-state index contributed by atoms with van der Waals surface area (Å²) in [4.78, 5) is 15.3. The van der Waals surface area contributed by atoms with Crippen molar-refractivity contribution in [3.63, 3.8) is 0 Å². The second kappa shape index (κ2) is 5.88. The number of halogens is 2. The van der Waals surface area contributed by atoms with Crippen molar-refractivity contribution in [2.75, 3.05) is 7.11 Å². The van der Waals surface area contributed by atoms with Crippen LogP contribution < -0.4 is 0 Å². The lowest BCUT2D eigenvalue weighted by molar-refractivity contribution is -0.139. The molecule has 6 heteroatoms. The van der Waals surface area contributed by atoms with Crippen molar-refractivity contribution in [3.8, 4) is 0 Å². The number of nitrogens with zero attached hydrogens (tertiary/aromatic N) is 1. The summed E-state index contributed by atoms with van der Waals surface area (Å²) in [6.07, 6.45) is 0.372. The number of rotatable bonds is 4. The van der Waals surface area contributed by atoms with Crippen LogP contribution in [0.5, 0.6) is 0 Å². The fourth-order valence-corrected chi connectivity index (χ4v) is 2.38. The van der Waals surface area contributed by atoms with Crippen LogP contribution in [0, 0.1) is 11.6 Å². The molecule has 0 unspecified atom stereocenters. The van der Waals surface area contributed by atoms with E-state index in [4.69, 9.17) is 0 Å². The average molecular weight is 283 g/mol. The summed E-state index contributed by atoms with van der Waals surface area (Å²) >= 11 is 1.33. The number of hydrogen-bond donors (Lipinski definition) is 0. The number of esters is 1. The minimum atomic E-state index is -0.605. The van der Waals surface area contributed by atoms with Crippen LogP contribution >= 0.6 is 11.3 Å². The Labute approximate surface area is 112 Å². The van der Waals surface area contributed by atoms with Gasteiger partial charge in [-0.1, -0.05) is 6.07 Å². The van der Waals surface area contributed by atoms with E-state index in [9.17, 15) is 13.6 Å². The van der Waals surface area contributed by atoms with Gasteiger partial charge in [0.1, 0.15) is 11.6 Å². The van der Waals surface area contributed by atoms with Gasteiger partial charge in [0.05, 0.1) is 24.2 Å². The molecule has 0 aliphatic carbocycles. The third-order valence-corrected chi connectivity index (χ3v) is 3.41. The number of aromatic nitrogens is 1. The van der Waals surface area contributed by atoms with Gasteiger partial charge in [0, 0.05) is 17.9 Å². The molecule has 1 heterocycles. The second-order valence-corrected chi connectivity index (χ2v) is 4.84. The van der Waals surface area contributed by atoms with Crippen LogP contribution in [0.25, 0.3) is 0 Å². The van der Waals surface area contributed by atoms with Crippen LogP contribution in [0.4, 0.5) is 8.78 Å². The van der Waals surface area contributed by atoms with E-state index in [1.165, 1.54) is 30.6 Å². The molecule has 0 aliphatic rings. The van der Waals surface area contributed by atoms with E-state index in [0.29, 0.717) is 16.3 Å². The summed E-state index contributed by atoms with van der Waals surface area (Å²) < 4.78 is 30.8. The Hall–Kier alpha value is -1.82. The lowest BCUT2D eigenvalue weighted by Crippen LogP contribution is -2.04. The first kappa shape index (κ1) is 13.6. The standard InChI is InChI=1S/C13H11F2NO2S/c1-18-13(17)6-10-7-19-12(16-10)4-8-2-3-9(14)5-11(8)15/h2-3,5,7H,4,6H2,1H3. The van der Waals surface area contributed by atoms with Gasteiger partial charge in [-0.05, 0) is 11.6 Å². The van der Waals surface area contributed by atoms with Crippen LogP contribution in [0.15, 0.2) is 23.6 Å². The van der Waals surface area contributed by atoms with E-state index < -0.39 is 11.6 Å². The summed E-state index contributed by atoms with van der Waals surface area (Å²) in [5, 5.41) is 2.40. The molecule has 19 heavy (non-hydrogen) atoms. The topological polar surface area (TPSA) is 39.2 Å². The number of methoxy groups -OCH3 is 1. The molecule has 1 aromatic carbocycles. The van der Waals surface area contributed by atoms with Crippen LogP contribution in [-0.4, -0.2) is 18.1 Å². The third kappa shape index (κ3) is 3.57. The molecule has 3 nitrogen and oxygen atoms in total. The van der Waals surface area contributed by atoms with Crippen molar-refractivity contribution in [3.05, 3.63) is 51.5 Å². The molecule has 100 valence electrons. The molecule has 0 atom stereocenters. The fourth-order valence-electron chi connectivity index (χ4n) is 1.56. The SMILES string of the molecule is COC(=O)Cc1csc(Cc2ccc(F)cc2F)n1. The van der Waals surface area contributed by atoms with Gasteiger partial charge in [-0.15, -0.1) is 11.3 Å². The van der Waals surface area contributed by atoms with Crippen molar-refractivity contribution in [2.24, 2.45) is 0 Å². The molecule has 0 saturated carbocycles. The zero-order valence-electron chi connectivity index (χ0n) is 10.2. The summed E-state index contributed by atoms with van der Waals surface area (Å²) in [5.41, 5.74) is 0.967. The van der Waals surface area contributed by atoms with Crippen LogP contribution in [0.2, 0.25) is 0 Å². The largest absolute Gasteiger partial charge is 0.469 e. The second-order valence-electron chi connectivity index (χ2n) is 3.90. The third-order valence-electron chi connectivity index (χ3n) is 2.51. The highest BCUT2D eigenvalue weighted by Gasteiger charge is 2.10. The Morgan fingerprint density at radius 3 is 2.89 bits per heavy atom. The number of carbonyl (C=O) groups is 1. The Morgan fingerprint density at radius 1 is 1.42 bits per heavy atom. The van der Waals surface area contributed by atoms with Gasteiger partial charge in [-0.3, -0.25) is 4.79 Å². The first-order valence-electron chi connectivity index (χ1n) is 5.52. The number of carbonyl (C=O) groups excluding carboxylic acids is 1. The van der Waals surface area contributed by atoms with E-state index >= 15 is 0 Å². The van der Waals surface area contributed by atoms with Gasteiger partial charge < -0.3 is 4.74 Å². The van der Waals surface area contributed by atoms with E-state index in [0.717, 1.165) is 6.07 Å². The Morgan fingerprint density at radius 2 is 2.21 bits per heavy atom. The zero-order valence-corrected chi connectivity index (χ0v) is 11.0. The predicted octanol–water partition coefficient (Wildman–Crippen LogP) is 2.73. The summed E-state index contributed by atoms with van der Waals surface area (Å²) in [5.74, 6) is -1.57. The highest BCUT2D eigenvalue weighted by Crippen LogP contribution is 2.18. The summed E-state index contributed by atoms with van der Waals surface area (Å²) in [7, 11) is 1.31. The fraction of sp³-hybridized carbons (Fsp3) is 0.231. The first-order valence-corrected chi connectivity index (χ1v) is 6.40. The minimum absolute atomic E-state index is 0.0961. The lowest BCUT2D eigenvalue weighted by Gasteiger charge is -2.00. The highest BCUT2D eigenvalue weighted by molar-refractivity contribution is 7.09. The zero-order chi connectivity index (χ0) is 13.8. The maximum atomic E-state index is 13.5. The highest BCUT2D eigenvalue weighted by atomic mass is 32.1. The molecule has 0 N–H and O–H groups in total. The Kier molecular flexibility index (Phi) is 4.21. The molecular formula is C13H11F2NO2S. The Balaban J connectivity index is 2.09. The monoisotopic (exact) mass is 283 g/mol. The molecule has 0 amide bonds. The molecule has 0 radical (unpaired) electrons. The summed E-state index contributed by atoms with van der Waals surface area (Å²) in [6, 6.07) is 3.45. The number of benzene rings is 1. The van der Waals surface area contributed by atoms with Crippen molar-refractivity contribution < 1.29 is 18.3 Å². The predicted molar refractivity (Wildman–Crippen MR) is 67.0 cm³/mol. The van der Waals surface area contributed by atoms with Gasteiger partial charge in [-0.2, -0.15) is 0 Å².